The standard InChI is InChI=1S/C25H33N3O3/c1-17-15-22(30-21-9-10-21)11-12-24(17)28-14-13-23(16-28)31-20-7-5-19(6-8-20)18(2)26-25(29)27(3)4/h5-8,11-12,15,18,21,23H,9-10,13-14,16H2,1-4H3,(H,26,29). The lowest BCUT2D eigenvalue weighted by atomic mass is 10.1. The summed E-state index contributed by atoms with van der Waals surface area (Å²) in [6.07, 6.45) is 3.94. The highest BCUT2D eigenvalue weighted by atomic mass is 16.5. The number of carbonyl (C=O) groups excluding carboxylic acids is 1. The third kappa shape index (κ3) is 5.43. The van der Waals surface area contributed by atoms with Crippen molar-refractivity contribution in [3.05, 3.63) is 53.6 Å². The van der Waals surface area contributed by atoms with Crippen molar-refractivity contribution in [3.63, 3.8) is 0 Å². The highest BCUT2D eigenvalue weighted by Gasteiger charge is 2.26. The smallest absolute Gasteiger partial charge is 0.317 e. The summed E-state index contributed by atoms with van der Waals surface area (Å²) in [5.74, 6) is 1.85. The molecular formula is C25H33N3O3. The summed E-state index contributed by atoms with van der Waals surface area (Å²) in [5.41, 5.74) is 3.56. The number of rotatable bonds is 7. The van der Waals surface area contributed by atoms with E-state index in [1.165, 1.54) is 29.0 Å². The number of benzene rings is 2. The van der Waals surface area contributed by atoms with Gasteiger partial charge in [0.1, 0.15) is 17.6 Å². The van der Waals surface area contributed by atoms with E-state index in [9.17, 15) is 4.79 Å². The Kier molecular flexibility index (Phi) is 6.25. The number of nitrogens with one attached hydrogen (secondary N) is 1. The molecule has 0 radical (unpaired) electrons. The van der Waals surface area contributed by atoms with Crippen LogP contribution in [-0.2, 0) is 0 Å². The lowest BCUT2D eigenvalue weighted by molar-refractivity contribution is 0.214. The van der Waals surface area contributed by atoms with E-state index in [-0.39, 0.29) is 18.2 Å². The number of amides is 2. The van der Waals surface area contributed by atoms with Crippen molar-refractivity contribution in [2.45, 2.75) is 51.4 Å². The Bertz CT molecular complexity index is 909. The van der Waals surface area contributed by atoms with E-state index >= 15 is 0 Å². The number of aryl methyl sites for hydroxylation is 1. The normalized spacial score (nSPS) is 19.1. The molecule has 2 fully saturated rings. The van der Waals surface area contributed by atoms with Crippen LogP contribution in [0, 0.1) is 6.92 Å². The third-order valence-corrected chi connectivity index (χ3v) is 5.91. The van der Waals surface area contributed by atoms with Gasteiger partial charge in [-0.05, 0) is 68.1 Å². The maximum atomic E-state index is 11.8. The van der Waals surface area contributed by atoms with Gasteiger partial charge in [0.15, 0.2) is 0 Å². The largest absolute Gasteiger partial charge is 0.490 e. The lowest BCUT2D eigenvalue weighted by Crippen LogP contribution is -2.36. The van der Waals surface area contributed by atoms with Crippen molar-refractivity contribution < 1.29 is 14.3 Å². The van der Waals surface area contributed by atoms with Crippen molar-refractivity contribution in [3.8, 4) is 11.5 Å². The van der Waals surface area contributed by atoms with Crippen LogP contribution in [0.5, 0.6) is 11.5 Å². The van der Waals surface area contributed by atoms with Crippen LogP contribution in [-0.4, -0.2) is 50.3 Å². The molecule has 2 aromatic carbocycles. The summed E-state index contributed by atoms with van der Waals surface area (Å²) >= 11 is 0. The van der Waals surface area contributed by atoms with E-state index in [1.807, 2.05) is 31.2 Å². The predicted octanol–water partition coefficient (Wildman–Crippen LogP) is 4.53. The first-order valence-corrected chi connectivity index (χ1v) is 11.2. The topological polar surface area (TPSA) is 54.0 Å². The summed E-state index contributed by atoms with van der Waals surface area (Å²) in [6, 6.07) is 14.3. The Labute approximate surface area is 185 Å². The Morgan fingerprint density at radius 3 is 2.35 bits per heavy atom. The first-order chi connectivity index (χ1) is 14.9. The molecule has 31 heavy (non-hydrogen) atoms. The molecule has 166 valence electrons. The van der Waals surface area contributed by atoms with Crippen molar-refractivity contribution in [1.82, 2.24) is 10.2 Å². The Hall–Kier alpha value is -2.89. The number of ether oxygens (including phenoxy) is 2. The second-order valence-corrected chi connectivity index (χ2v) is 8.87. The van der Waals surface area contributed by atoms with Gasteiger partial charge in [-0.3, -0.25) is 0 Å². The maximum absolute atomic E-state index is 11.8. The van der Waals surface area contributed by atoms with Gasteiger partial charge >= 0.3 is 6.03 Å². The van der Waals surface area contributed by atoms with Crippen LogP contribution in [0.25, 0.3) is 0 Å². The van der Waals surface area contributed by atoms with Gasteiger partial charge in [-0.2, -0.15) is 0 Å². The van der Waals surface area contributed by atoms with E-state index in [0.717, 1.165) is 36.6 Å². The molecule has 1 saturated carbocycles. The van der Waals surface area contributed by atoms with Crippen molar-refractivity contribution in [2.75, 3.05) is 32.1 Å². The SMILES string of the molecule is Cc1cc(OC2CC2)ccc1N1CCC(Oc2ccc(C(C)NC(=O)N(C)C)cc2)C1. The third-order valence-electron chi connectivity index (χ3n) is 5.91. The van der Waals surface area contributed by atoms with Crippen LogP contribution >= 0.6 is 0 Å². The molecule has 1 aliphatic heterocycles. The molecular weight excluding hydrogens is 390 g/mol. The van der Waals surface area contributed by atoms with Crippen LogP contribution in [0.3, 0.4) is 0 Å². The minimum absolute atomic E-state index is 0.0548. The second kappa shape index (κ2) is 9.08. The van der Waals surface area contributed by atoms with E-state index in [0.29, 0.717) is 6.10 Å². The number of carbonyl (C=O) groups is 1. The molecule has 6 heteroatoms. The summed E-state index contributed by atoms with van der Waals surface area (Å²) < 4.78 is 12.2. The van der Waals surface area contributed by atoms with Crippen molar-refractivity contribution >= 4 is 11.7 Å². The Balaban J connectivity index is 1.31. The monoisotopic (exact) mass is 423 g/mol. The Morgan fingerprint density at radius 1 is 1.03 bits per heavy atom. The van der Waals surface area contributed by atoms with Crippen molar-refractivity contribution in [2.24, 2.45) is 0 Å². The highest BCUT2D eigenvalue weighted by molar-refractivity contribution is 5.74. The molecule has 0 bridgehead atoms. The molecule has 2 aliphatic rings. The molecule has 4 rings (SSSR count). The average Bonchev–Trinajstić information content (AvgIpc) is 3.44. The number of anilines is 1. The fourth-order valence-electron chi connectivity index (χ4n) is 3.90. The zero-order valence-corrected chi connectivity index (χ0v) is 18.9. The first kappa shape index (κ1) is 21.3. The van der Waals surface area contributed by atoms with Gasteiger partial charge in [-0.15, -0.1) is 0 Å². The molecule has 1 saturated heterocycles. The van der Waals surface area contributed by atoms with Gasteiger partial charge in [-0.25, -0.2) is 4.79 Å². The molecule has 2 unspecified atom stereocenters. The predicted molar refractivity (Wildman–Crippen MR) is 123 cm³/mol. The second-order valence-electron chi connectivity index (χ2n) is 8.87. The zero-order valence-electron chi connectivity index (χ0n) is 18.9. The Morgan fingerprint density at radius 2 is 1.71 bits per heavy atom. The molecule has 0 spiro atoms. The zero-order chi connectivity index (χ0) is 22.0. The summed E-state index contributed by atoms with van der Waals surface area (Å²) in [7, 11) is 3.48. The van der Waals surface area contributed by atoms with Gasteiger partial charge < -0.3 is 24.6 Å². The molecule has 1 heterocycles. The first-order valence-electron chi connectivity index (χ1n) is 11.2. The molecule has 1 aliphatic carbocycles. The van der Waals surface area contributed by atoms with Crippen LogP contribution in [0.2, 0.25) is 0 Å². The molecule has 2 atom stereocenters. The van der Waals surface area contributed by atoms with Crippen molar-refractivity contribution in [1.29, 1.82) is 0 Å². The van der Waals surface area contributed by atoms with E-state index in [1.54, 1.807) is 14.1 Å². The minimum Gasteiger partial charge on any atom is -0.490 e. The molecule has 2 amide bonds. The van der Waals surface area contributed by atoms with E-state index in [4.69, 9.17) is 9.47 Å². The number of urea groups is 1. The fraction of sp³-hybridized carbons (Fsp3) is 0.480. The van der Waals surface area contributed by atoms with Crippen LogP contribution in [0.15, 0.2) is 42.5 Å². The van der Waals surface area contributed by atoms with Gasteiger partial charge in [0.2, 0.25) is 0 Å². The van der Waals surface area contributed by atoms with Gasteiger partial charge in [0, 0.05) is 32.7 Å². The van der Waals surface area contributed by atoms with Gasteiger partial charge in [0.05, 0.1) is 18.7 Å². The number of nitrogens with zero attached hydrogens (tertiary/aromatic N) is 2. The highest BCUT2D eigenvalue weighted by Crippen LogP contribution is 2.32. The van der Waals surface area contributed by atoms with Gasteiger partial charge in [-0.1, -0.05) is 12.1 Å². The minimum atomic E-state index is -0.0960. The van der Waals surface area contributed by atoms with Crippen LogP contribution in [0.1, 0.15) is 43.4 Å². The summed E-state index contributed by atoms with van der Waals surface area (Å²) in [6.45, 7) is 5.99. The number of hydrogen-bond donors (Lipinski definition) is 1. The molecule has 1 N–H and O–H groups in total. The van der Waals surface area contributed by atoms with E-state index < -0.39 is 0 Å². The summed E-state index contributed by atoms with van der Waals surface area (Å²) in [4.78, 5) is 15.8. The van der Waals surface area contributed by atoms with Crippen LogP contribution in [0.4, 0.5) is 10.5 Å². The fourth-order valence-corrected chi connectivity index (χ4v) is 3.90. The maximum Gasteiger partial charge on any atom is 0.317 e. The van der Waals surface area contributed by atoms with E-state index in [2.05, 4.69) is 35.3 Å². The molecule has 6 nitrogen and oxygen atoms in total. The average molecular weight is 424 g/mol. The van der Waals surface area contributed by atoms with Gasteiger partial charge in [0.25, 0.3) is 0 Å². The van der Waals surface area contributed by atoms with Crippen LogP contribution < -0.4 is 19.7 Å². The molecule has 2 aromatic rings. The summed E-state index contributed by atoms with van der Waals surface area (Å²) in [5, 5.41) is 2.97. The number of hydrogen-bond acceptors (Lipinski definition) is 4. The quantitative estimate of drug-likeness (QED) is 0.711. The lowest BCUT2D eigenvalue weighted by Gasteiger charge is -2.22. The molecule has 0 aromatic heterocycles.